The van der Waals surface area contributed by atoms with Crippen LogP contribution in [0.4, 0.5) is 0 Å². The Kier molecular flexibility index (Phi) is 8.96. The van der Waals surface area contributed by atoms with Crippen molar-refractivity contribution in [2.75, 3.05) is 20.1 Å². The van der Waals surface area contributed by atoms with Crippen LogP contribution in [-0.2, 0) is 13.0 Å². The molecular formula is C15H23IN4S2. The number of thiazole rings is 1. The van der Waals surface area contributed by atoms with Gasteiger partial charge in [0.25, 0.3) is 0 Å². The lowest BCUT2D eigenvalue weighted by molar-refractivity contribution is 0.486. The first kappa shape index (κ1) is 19.4. The third-order valence-electron chi connectivity index (χ3n) is 3.00. The predicted molar refractivity (Wildman–Crippen MR) is 108 cm³/mol. The topological polar surface area (TPSA) is 40.5 Å². The molecule has 2 aromatic rings. The van der Waals surface area contributed by atoms with Gasteiger partial charge in [-0.3, -0.25) is 0 Å². The van der Waals surface area contributed by atoms with E-state index in [-0.39, 0.29) is 24.0 Å². The van der Waals surface area contributed by atoms with Crippen LogP contribution in [0.5, 0.6) is 0 Å². The van der Waals surface area contributed by atoms with Gasteiger partial charge in [-0.2, -0.15) is 0 Å². The number of thiophene rings is 1. The van der Waals surface area contributed by atoms with Gasteiger partial charge in [0, 0.05) is 36.1 Å². The average molecular weight is 450 g/mol. The molecule has 0 unspecified atom stereocenters. The van der Waals surface area contributed by atoms with Crippen molar-refractivity contribution in [1.82, 2.24) is 15.2 Å². The smallest absolute Gasteiger partial charge is 0.194 e. The lowest BCUT2D eigenvalue weighted by Crippen LogP contribution is -2.39. The summed E-state index contributed by atoms with van der Waals surface area (Å²) in [5.74, 6) is 0.946. The van der Waals surface area contributed by atoms with E-state index in [1.807, 2.05) is 17.5 Å². The second-order valence-corrected chi connectivity index (χ2v) is 7.14. The van der Waals surface area contributed by atoms with Crippen molar-refractivity contribution < 1.29 is 0 Å². The highest BCUT2D eigenvalue weighted by Crippen LogP contribution is 2.12. The molecule has 0 aliphatic carbocycles. The molecule has 4 nitrogen and oxygen atoms in total. The van der Waals surface area contributed by atoms with E-state index in [0.29, 0.717) is 6.54 Å². The summed E-state index contributed by atoms with van der Waals surface area (Å²) in [7, 11) is 2.09. The SMILES string of the molecule is CCNC(=NCc1ncc(C)s1)N(C)CCc1cccs1.I. The molecule has 122 valence electrons. The molecule has 0 fully saturated rings. The minimum absolute atomic E-state index is 0. The predicted octanol–water partition coefficient (Wildman–Crippen LogP) is 3.77. The highest BCUT2D eigenvalue weighted by Gasteiger charge is 2.07. The first-order valence-corrected chi connectivity index (χ1v) is 8.81. The van der Waals surface area contributed by atoms with E-state index in [0.717, 1.165) is 30.5 Å². The zero-order valence-electron chi connectivity index (χ0n) is 13.2. The summed E-state index contributed by atoms with van der Waals surface area (Å²) in [4.78, 5) is 13.9. The number of nitrogens with one attached hydrogen (secondary N) is 1. The molecule has 0 saturated carbocycles. The standard InChI is InChI=1S/C15H22N4S2.HI/c1-4-16-15(18-11-14-17-10-12(2)21-14)19(3)8-7-13-6-5-9-20-13;/h5-6,9-10H,4,7-8,11H2,1-3H3,(H,16,18);1H. The van der Waals surface area contributed by atoms with Crippen LogP contribution < -0.4 is 5.32 Å². The van der Waals surface area contributed by atoms with Crippen molar-refractivity contribution in [2.45, 2.75) is 26.8 Å². The monoisotopic (exact) mass is 450 g/mol. The second kappa shape index (κ2) is 10.2. The van der Waals surface area contributed by atoms with Crippen molar-refractivity contribution in [3.05, 3.63) is 38.5 Å². The molecule has 0 radical (unpaired) electrons. The number of guanidine groups is 1. The van der Waals surface area contributed by atoms with Crippen molar-refractivity contribution in [3.8, 4) is 0 Å². The number of aromatic nitrogens is 1. The average Bonchev–Trinajstić information content (AvgIpc) is 3.12. The molecule has 22 heavy (non-hydrogen) atoms. The summed E-state index contributed by atoms with van der Waals surface area (Å²) in [6.45, 7) is 6.64. The minimum Gasteiger partial charge on any atom is -0.357 e. The van der Waals surface area contributed by atoms with Crippen LogP contribution >= 0.6 is 46.7 Å². The third kappa shape index (κ3) is 6.21. The number of nitrogens with zero attached hydrogens (tertiary/aromatic N) is 3. The first-order valence-electron chi connectivity index (χ1n) is 7.12. The van der Waals surface area contributed by atoms with E-state index in [1.54, 1.807) is 11.3 Å². The van der Waals surface area contributed by atoms with Gasteiger partial charge in [-0.1, -0.05) is 6.07 Å². The highest BCUT2D eigenvalue weighted by atomic mass is 127. The van der Waals surface area contributed by atoms with Gasteiger partial charge in [-0.05, 0) is 31.7 Å². The Labute approximate surface area is 157 Å². The fourth-order valence-electron chi connectivity index (χ4n) is 1.93. The molecule has 0 amide bonds. The summed E-state index contributed by atoms with van der Waals surface area (Å²) in [6.07, 6.45) is 2.96. The summed E-state index contributed by atoms with van der Waals surface area (Å²) >= 11 is 3.52. The third-order valence-corrected chi connectivity index (χ3v) is 4.84. The number of aliphatic imine (C=N–C) groups is 1. The summed E-state index contributed by atoms with van der Waals surface area (Å²) in [5.41, 5.74) is 0. The van der Waals surface area contributed by atoms with Crippen LogP contribution in [0.25, 0.3) is 0 Å². The van der Waals surface area contributed by atoms with Crippen LogP contribution in [0.3, 0.4) is 0 Å². The van der Waals surface area contributed by atoms with Crippen LogP contribution in [0, 0.1) is 6.92 Å². The Hall–Kier alpha value is -0.670. The molecule has 0 aliphatic heterocycles. The molecule has 7 heteroatoms. The van der Waals surface area contributed by atoms with Crippen LogP contribution in [-0.4, -0.2) is 36.0 Å². The molecule has 0 aromatic carbocycles. The quantitative estimate of drug-likeness (QED) is 0.414. The maximum Gasteiger partial charge on any atom is 0.194 e. The zero-order chi connectivity index (χ0) is 15.1. The molecule has 0 saturated heterocycles. The van der Waals surface area contributed by atoms with Crippen molar-refractivity contribution in [3.63, 3.8) is 0 Å². The Morgan fingerprint density at radius 3 is 2.86 bits per heavy atom. The van der Waals surface area contributed by atoms with Gasteiger partial charge >= 0.3 is 0 Å². The van der Waals surface area contributed by atoms with Gasteiger partial charge in [-0.15, -0.1) is 46.7 Å². The number of hydrogen-bond donors (Lipinski definition) is 1. The summed E-state index contributed by atoms with van der Waals surface area (Å²) in [5, 5.41) is 6.53. The largest absolute Gasteiger partial charge is 0.357 e. The van der Waals surface area contributed by atoms with Crippen LogP contribution in [0.1, 0.15) is 21.7 Å². The number of hydrogen-bond acceptors (Lipinski definition) is 4. The minimum atomic E-state index is 0. The fourth-order valence-corrected chi connectivity index (χ4v) is 3.34. The number of rotatable bonds is 6. The van der Waals surface area contributed by atoms with E-state index in [2.05, 4.69) is 58.6 Å². The zero-order valence-corrected chi connectivity index (χ0v) is 17.2. The van der Waals surface area contributed by atoms with E-state index in [9.17, 15) is 0 Å². The lowest BCUT2D eigenvalue weighted by atomic mass is 10.3. The molecule has 0 bridgehead atoms. The van der Waals surface area contributed by atoms with Crippen LogP contribution in [0.15, 0.2) is 28.7 Å². The van der Waals surface area contributed by atoms with E-state index < -0.39 is 0 Å². The Morgan fingerprint density at radius 2 is 2.27 bits per heavy atom. The lowest BCUT2D eigenvalue weighted by Gasteiger charge is -2.21. The normalized spacial score (nSPS) is 11.1. The maximum atomic E-state index is 4.68. The summed E-state index contributed by atoms with van der Waals surface area (Å²) < 4.78 is 0. The fraction of sp³-hybridized carbons (Fsp3) is 0.467. The molecule has 0 atom stereocenters. The number of aryl methyl sites for hydroxylation is 1. The van der Waals surface area contributed by atoms with Gasteiger partial charge in [0.05, 0.1) is 6.54 Å². The molecule has 0 spiro atoms. The van der Waals surface area contributed by atoms with Gasteiger partial charge in [0.15, 0.2) is 5.96 Å². The van der Waals surface area contributed by atoms with Crippen molar-refractivity contribution in [1.29, 1.82) is 0 Å². The highest BCUT2D eigenvalue weighted by molar-refractivity contribution is 14.0. The number of halogens is 1. The summed E-state index contributed by atoms with van der Waals surface area (Å²) in [6, 6.07) is 4.28. The molecule has 1 N–H and O–H groups in total. The molecule has 0 aliphatic rings. The second-order valence-electron chi connectivity index (χ2n) is 4.79. The Morgan fingerprint density at radius 1 is 1.45 bits per heavy atom. The van der Waals surface area contributed by atoms with Gasteiger partial charge in [0.1, 0.15) is 5.01 Å². The van der Waals surface area contributed by atoms with E-state index in [1.165, 1.54) is 9.75 Å². The molecule has 2 heterocycles. The Balaban J connectivity index is 0.00000242. The van der Waals surface area contributed by atoms with Crippen molar-refractivity contribution in [2.24, 2.45) is 4.99 Å². The first-order chi connectivity index (χ1) is 10.2. The van der Waals surface area contributed by atoms with Crippen LogP contribution in [0.2, 0.25) is 0 Å². The van der Waals surface area contributed by atoms with E-state index in [4.69, 9.17) is 0 Å². The molecule has 2 aromatic heterocycles. The molecule has 2 rings (SSSR count). The van der Waals surface area contributed by atoms with Gasteiger partial charge < -0.3 is 10.2 Å². The van der Waals surface area contributed by atoms with E-state index >= 15 is 0 Å². The van der Waals surface area contributed by atoms with Gasteiger partial charge in [-0.25, -0.2) is 9.98 Å². The van der Waals surface area contributed by atoms with Gasteiger partial charge in [0.2, 0.25) is 0 Å². The molecular weight excluding hydrogens is 427 g/mol. The van der Waals surface area contributed by atoms with Crippen molar-refractivity contribution >= 4 is 52.6 Å². The Bertz CT molecular complexity index is 566. The maximum absolute atomic E-state index is 4.68. The number of likely N-dealkylation sites (N-methyl/N-ethyl adjacent to an activating group) is 1.